The summed E-state index contributed by atoms with van der Waals surface area (Å²) in [5.74, 6) is -1.20. The highest BCUT2D eigenvalue weighted by Gasteiger charge is 2.22. The minimum atomic E-state index is -1.13. The fraction of sp³-hybridized carbons (Fsp3) is 0.167. The molecule has 0 radical (unpaired) electrons. The third-order valence-electron chi connectivity index (χ3n) is 3.83. The molecular weight excluding hydrogens is 386 g/mol. The molecule has 1 atom stereocenters. The molecule has 0 fully saturated rings. The zero-order chi connectivity index (χ0) is 20.3. The number of anilines is 2. The molecular formula is C18H15N3O6S. The summed E-state index contributed by atoms with van der Waals surface area (Å²) in [5.41, 5.74) is 0.757. The number of fused-ring (bicyclic) bond motifs is 1. The Morgan fingerprint density at radius 3 is 2.82 bits per heavy atom. The van der Waals surface area contributed by atoms with Gasteiger partial charge in [-0.05, 0) is 31.2 Å². The second kappa shape index (κ2) is 8.09. The predicted octanol–water partition coefficient (Wildman–Crippen LogP) is 2.82. The zero-order valence-electron chi connectivity index (χ0n) is 14.6. The highest BCUT2D eigenvalue weighted by molar-refractivity contribution is 8.00. The molecule has 0 spiro atoms. The number of thioether (sulfide) groups is 1. The Labute approximate surface area is 163 Å². The van der Waals surface area contributed by atoms with E-state index in [1.165, 1.54) is 49.0 Å². The average molecular weight is 401 g/mol. The smallest absolute Gasteiger partial charge is 0.338 e. The Hall–Kier alpha value is -3.40. The Morgan fingerprint density at radius 1 is 1.29 bits per heavy atom. The van der Waals surface area contributed by atoms with Crippen LogP contribution in [0.15, 0.2) is 47.4 Å². The van der Waals surface area contributed by atoms with Crippen molar-refractivity contribution in [1.82, 2.24) is 0 Å². The van der Waals surface area contributed by atoms with Crippen molar-refractivity contribution in [3.05, 3.63) is 58.1 Å². The van der Waals surface area contributed by atoms with Crippen LogP contribution in [0.4, 0.5) is 17.1 Å². The number of hydrogen-bond donors (Lipinski definition) is 2. The first-order valence-electron chi connectivity index (χ1n) is 8.16. The molecule has 0 saturated heterocycles. The fourth-order valence-corrected chi connectivity index (χ4v) is 3.22. The molecule has 3 rings (SSSR count). The molecule has 2 N–H and O–H groups in total. The molecule has 2 aromatic carbocycles. The third kappa shape index (κ3) is 4.46. The van der Waals surface area contributed by atoms with Crippen LogP contribution in [-0.2, 0) is 14.3 Å². The number of non-ortho nitro benzene ring substituents is 1. The first-order chi connectivity index (χ1) is 13.3. The fourth-order valence-electron chi connectivity index (χ4n) is 2.43. The average Bonchev–Trinajstić information content (AvgIpc) is 2.67. The number of nitro benzene ring substituents is 1. The van der Waals surface area contributed by atoms with Gasteiger partial charge in [-0.15, -0.1) is 11.8 Å². The van der Waals surface area contributed by atoms with Crippen molar-refractivity contribution in [1.29, 1.82) is 0 Å². The number of nitrogens with one attached hydrogen (secondary N) is 2. The topological polar surface area (TPSA) is 128 Å². The van der Waals surface area contributed by atoms with Crippen LogP contribution in [0.1, 0.15) is 17.3 Å². The minimum absolute atomic E-state index is 0.160. The SMILES string of the molecule is CC(OC(=O)c1ccc2c(c1)NC(=O)CS2)C(=O)Nc1cccc([N+](=O)[O-])c1. The molecule has 28 heavy (non-hydrogen) atoms. The lowest BCUT2D eigenvalue weighted by Gasteiger charge is -2.17. The van der Waals surface area contributed by atoms with Crippen LogP contribution < -0.4 is 10.6 Å². The quantitative estimate of drug-likeness (QED) is 0.448. The second-order valence-corrected chi connectivity index (χ2v) is 6.91. The summed E-state index contributed by atoms with van der Waals surface area (Å²) >= 11 is 1.36. The van der Waals surface area contributed by atoms with E-state index in [1.54, 1.807) is 12.1 Å². The minimum Gasteiger partial charge on any atom is -0.449 e. The summed E-state index contributed by atoms with van der Waals surface area (Å²) in [7, 11) is 0. The maximum atomic E-state index is 12.3. The van der Waals surface area contributed by atoms with Crippen LogP contribution in [0.25, 0.3) is 0 Å². The van der Waals surface area contributed by atoms with E-state index in [4.69, 9.17) is 4.74 Å². The Balaban J connectivity index is 1.64. The Bertz CT molecular complexity index is 978. The van der Waals surface area contributed by atoms with Crippen molar-refractivity contribution in [2.75, 3.05) is 16.4 Å². The molecule has 9 nitrogen and oxygen atoms in total. The van der Waals surface area contributed by atoms with E-state index in [0.29, 0.717) is 11.4 Å². The van der Waals surface area contributed by atoms with Crippen LogP contribution >= 0.6 is 11.8 Å². The maximum Gasteiger partial charge on any atom is 0.338 e. The predicted molar refractivity (Wildman–Crippen MR) is 102 cm³/mol. The van der Waals surface area contributed by atoms with Crippen LogP contribution in [0.5, 0.6) is 0 Å². The highest BCUT2D eigenvalue weighted by atomic mass is 32.2. The normalized spacial score (nSPS) is 13.7. The van der Waals surface area contributed by atoms with E-state index in [0.717, 1.165) is 4.90 Å². The molecule has 1 heterocycles. The van der Waals surface area contributed by atoms with Gasteiger partial charge in [0.15, 0.2) is 6.10 Å². The monoisotopic (exact) mass is 401 g/mol. The number of nitro groups is 1. The van der Waals surface area contributed by atoms with E-state index < -0.39 is 22.9 Å². The van der Waals surface area contributed by atoms with Crippen molar-refractivity contribution in [2.45, 2.75) is 17.9 Å². The lowest BCUT2D eigenvalue weighted by atomic mass is 10.2. The van der Waals surface area contributed by atoms with E-state index in [1.807, 2.05) is 0 Å². The molecule has 2 aromatic rings. The molecule has 1 aliphatic heterocycles. The van der Waals surface area contributed by atoms with Crippen molar-refractivity contribution < 1.29 is 24.0 Å². The van der Waals surface area contributed by atoms with E-state index in [-0.39, 0.29) is 22.8 Å². The van der Waals surface area contributed by atoms with Crippen molar-refractivity contribution in [3.63, 3.8) is 0 Å². The van der Waals surface area contributed by atoms with Gasteiger partial charge in [0, 0.05) is 22.7 Å². The number of benzene rings is 2. The van der Waals surface area contributed by atoms with Gasteiger partial charge in [0.1, 0.15) is 0 Å². The van der Waals surface area contributed by atoms with Gasteiger partial charge < -0.3 is 15.4 Å². The molecule has 1 unspecified atom stereocenters. The summed E-state index contributed by atoms with van der Waals surface area (Å²) in [6.07, 6.45) is -1.13. The van der Waals surface area contributed by atoms with Crippen molar-refractivity contribution in [2.24, 2.45) is 0 Å². The lowest BCUT2D eigenvalue weighted by molar-refractivity contribution is -0.384. The van der Waals surface area contributed by atoms with Gasteiger partial charge in [-0.2, -0.15) is 0 Å². The summed E-state index contributed by atoms with van der Waals surface area (Å²) in [4.78, 5) is 47.1. The van der Waals surface area contributed by atoms with E-state index in [9.17, 15) is 24.5 Å². The van der Waals surface area contributed by atoms with Crippen LogP contribution in [-0.4, -0.2) is 34.6 Å². The van der Waals surface area contributed by atoms with E-state index >= 15 is 0 Å². The highest BCUT2D eigenvalue weighted by Crippen LogP contribution is 2.32. The number of nitrogens with zero attached hydrogens (tertiary/aromatic N) is 1. The van der Waals surface area contributed by atoms with Crippen molar-refractivity contribution in [3.8, 4) is 0 Å². The number of amides is 2. The summed E-state index contributed by atoms with van der Waals surface area (Å²) < 4.78 is 5.16. The molecule has 10 heteroatoms. The molecule has 0 aliphatic carbocycles. The third-order valence-corrected chi connectivity index (χ3v) is 4.90. The largest absolute Gasteiger partial charge is 0.449 e. The molecule has 0 saturated carbocycles. The van der Waals surface area contributed by atoms with Gasteiger partial charge in [-0.25, -0.2) is 4.79 Å². The summed E-state index contributed by atoms with van der Waals surface area (Å²) in [5, 5.41) is 15.9. The number of hydrogen-bond acceptors (Lipinski definition) is 7. The van der Waals surface area contributed by atoms with E-state index in [2.05, 4.69) is 10.6 Å². The molecule has 2 amide bonds. The standard InChI is InChI=1S/C18H15N3O6S/c1-10(17(23)19-12-3-2-4-13(8-12)21(25)26)27-18(24)11-5-6-15-14(7-11)20-16(22)9-28-15/h2-8,10H,9H2,1H3,(H,19,23)(H,20,22). The van der Waals surface area contributed by atoms with Gasteiger partial charge in [0.25, 0.3) is 11.6 Å². The summed E-state index contributed by atoms with van der Waals surface area (Å²) in [6, 6.07) is 10.2. The number of esters is 1. The second-order valence-electron chi connectivity index (χ2n) is 5.89. The summed E-state index contributed by atoms with van der Waals surface area (Å²) in [6.45, 7) is 1.39. The Kier molecular flexibility index (Phi) is 5.59. The van der Waals surface area contributed by atoms with Gasteiger partial charge in [0.2, 0.25) is 5.91 Å². The van der Waals surface area contributed by atoms with Crippen molar-refractivity contribution >= 4 is 46.6 Å². The number of carbonyl (C=O) groups is 3. The van der Waals surface area contributed by atoms with Gasteiger partial charge in [-0.3, -0.25) is 19.7 Å². The first-order valence-corrected chi connectivity index (χ1v) is 9.15. The van der Waals surface area contributed by atoms with Gasteiger partial charge >= 0.3 is 5.97 Å². The lowest BCUT2D eigenvalue weighted by Crippen LogP contribution is -2.30. The number of ether oxygens (including phenoxy) is 1. The molecule has 144 valence electrons. The number of carbonyl (C=O) groups excluding carboxylic acids is 3. The van der Waals surface area contributed by atoms with Crippen LogP contribution in [0.2, 0.25) is 0 Å². The number of rotatable bonds is 5. The van der Waals surface area contributed by atoms with Gasteiger partial charge in [0.05, 0.1) is 21.9 Å². The Morgan fingerprint density at radius 2 is 2.07 bits per heavy atom. The van der Waals surface area contributed by atoms with Crippen LogP contribution in [0.3, 0.4) is 0 Å². The zero-order valence-corrected chi connectivity index (χ0v) is 15.4. The molecule has 0 aromatic heterocycles. The molecule has 0 bridgehead atoms. The van der Waals surface area contributed by atoms with Crippen LogP contribution in [0, 0.1) is 10.1 Å². The molecule has 1 aliphatic rings. The van der Waals surface area contributed by atoms with Gasteiger partial charge in [-0.1, -0.05) is 6.07 Å². The first kappa shape index (κ1) is 19.4. The maximum absolute atomic E-state index is 12.3.